The summed E-state index contributed by atoms with van der Waals surface area (Å²) >= 11 is 6.13. The molecule has 0 aliphatic heterocycles. The van der Waals surface area contributed by atoms with Gasteiger partial charge in [0, 0.05) is 18.3 Å². The Kier molecular flexibility index (Phi) is 4.58. The van der Waals surface area contributed by atoms with Crippen LogP contribution in [0.4, 0.5) is 11.4 Å². The van der Waals surface area contributed by atoms with E-state index in [0.29, 0.717) is 23.1 Å². The minimum atomic E-state index is 0.525. The van der Waals surface area contributed by atoms with E-state index in [1.165, 1.54) is 0 Å². The van der Waals surface area contributed by atoms with Gasteiger partial charge in [-0.2, -0.15) is 0 Å². The van der Waals surface area contributed by atoms with Crippen LogP contribution in [0.25, 0.3) is 0 Å². The van der Waals surface area contributed by atoms with Crippen molar-refractivity contribution in [1.82, 2.24) is 0 Å². The van der Waals surface area contributed by atoms with Crippen molar-refractivity contribution in [3.05, 3.63) is 47.0 Å². The molecule has 0 heterocycles. The number of methoxy groups -OCH3 is 2. The number of benzene rings is 2. The second-order valence-corrected chi connectivity index (χ2v) is 4.65. The monoisotopic (exact) mass is 292 g/mol. The molecule has 5 heteroatoms. The van der Waals surface area contributed by atoms with E-state index >= 15 is 0 Å². The lowest BCUT2D eigenvalue weighted by Gasteiger charge is -2.14. The van der Waals surface area contributed by atoms with Crippen LogP contribution in [0.3, 0.4) is 0 Å². The van der Waals surface area contributed by atoms with Gasteiger partial charge in [0.15, 0.2) is 0 Å². The molecule has 106 valence electrons. The van der Waals surface area contributed by atoms with E-state index in [4.69, 9.17) is 26.8 Å². The molecule has 2 rings (SSSR count). The number of anilines is 2. The summed E-state index contributed by atoms with van der Waals surface area (Å²) in [4.78, 5) is 0. The average Bonchev–Trinajstić information content (AvgIpc) is 2.46. The lowest BCUT2D eigenvalue weighted by Crippen LogP contribution is -2.04. The molecule has 20 heavy (non-hydrogen) atoms. The Morgan fingerprint density at radius 2 is 1.80 bits per heavy atom. The lowest BCUT2D eigenvalue weighted by molar-refractivity contribution is 0.395. The summed E-state index contributed by atoms with van der Waals surface area (Å²) in [5.74, 6) is 1.24. The van der Waals surface area contributed by atoms with Crippen LogP contribution in [0.15, 0.2) is 36.4 Å². The molecule has 0 aliphatic carbocycles. The zero-order valence-electron chi connectivity index (χ0n) is 11.4. The van der Waals surface area contributed by atoms with Crippen LogP contribution in [-0.4, -0.2) is 14.2 Å². The molecule has 3 N–H and O–H groups in total. The average molecular weight is 293 g/mol. The maximum absolute atomic E-state index is 6.13. The molecule has 0 spiro atoms. The van der Waals surface area contributed by atoms with E-state index in [1.54, 1.807) is 26.4 Å². The van der Waals surface area contributed by atoms with E-state index in [2.05, 4.69) is 5.32 Å². The zero-order valence-corrected chi connectivity index (χ0v) is 12.2. The maximum Gasteiger partial charge on any atom is 0.145 e. The van der Waals surface area contributed by atoms with Gasteiger partial charge in [0.1, 0.15) is 11.5 Å². The predicted octanol–water partition coefficient (Wildman–Crippen LogP) is 3.55. The van der Waals surface area contributed by atoms with Crippen LogP contribution in [0.5, 0.6) is 11.5 Å². The van der Waals surface area contributed by atoms with Crippen LogP contribution >= 0.6 is 11.6 Å². The lowest BCUT2D eigenvalue weighted by atomic mass is 10.1. The van der Waals surface area contributed by atoms with Crippen LogP contribution in [0, 0.1) is 0 Å². The fourth-order valence-electron chi connectivity index (χ4n) is 1.88. The molecule has 0 saturated carbocycles. The van der Waals surface area contributed by atoms with E-state index in [-0.39, 0.29) is 0 Å². The van der Waals surface area contributed by atoms with E-state index < -0.39 is 0 Å². The van der Waals surface area contributed by atoms with Crippen molar-refractivity contribution in [2.45, 2.75) is 6.54 Å². The molecule has 2 aromatic rings. The third-order valence-electron chi connectivity index (χ3n) is 3.00. The Morgan fingerprint density at radius 1 is 1.10 bits per heavy atom. The molecule has 0 radical (unpaired) electrons. The van der Waals surface area contributed by atoms with Crippen molar-refractivity contribution >= 4 is 23.0 Å². The number of nitrogen functional groups attached to an aromatic ring is 1. The van der Waals surface area contributed by atoms with Crippen LogP contribution in [0.2, 0.25) is 5.02 Å². The number of halogens is 1. The molecule has 0 atom stereocenters. The Labute approximate surface area is 123 Å². The van der Waals surface area contributed by atoms with Gasteiger partial charge in [0.2, 0.25) is 0 Å². The summed E-state index contributed by atoms with van der Waals surface area (Å²) in [6.45, 7) is 0.589. The highest BCUT2D eigenvalue weighted by atomic mass is 35.5. The smallest absolute Gasteiger partial charge is 0.145 e. The first-order valence-corrected chi connectivity index (χ1v) is 6.52. The number of para-hydroxylation sites is 1. The number of rotatable bonds is 5. The first kappa shape index (κ1) is 14.3. The summed E-state index contributed by atoms with van der Waals surface area (Å²) in [6.07, 6.45) is 0. The molecule has 2 aromatic carbocycles. The fourth-order valence-corrected chi connectivity index (χ4v) is 2.12. The maximum atomic E-state index is 6.13. The number of nitrogens with one attached hydrogen (secondary N) is 1. The van der Waals surface area contributed by atoms with Crippen LogP contribution in [0.1, 0.15) is 5.56 Å². The van der Waals surface area contributed by atoms with E-state index in [0.717, 1.165) is 16.9 Å². The SMILES string of the molecule is COc1cc(OC)c(NCc2ccccc2N)cc1Cl. The summed E-state index contributed by atoms with van der Waals surface area (Å²) < 4.78 is 10.5. The number of hydrogen-bond acceptors (Lipinski definition) is 4. The van der Waals surface area contributed by atoms with Crippen LogP contribution in [-0.2, 0) is 6.54 Å². The van der Waals surface area contributed by atoms with Crippen molar-refractivity contribution in [3.63, 3.8) is 0 Å². The summed E-state index contributed by atoms with van der Waals surface area (Å²) in [6, 6.07) is 11.2. The highest BCUT2D eigenvalue weighted by Crippen LogP contribution is 2.36. The Balaban J connectivity index is 2.21. The molecule has 0 amide bonds. The van der Waals surface area contributed by atoms with Gasteiger partial charge in [-0.15, -0.1) is 0 Å². The number of hydrogen-bond donors (Lipinski definition) is 2. The van der Waals surface area contributed by atoms with E-state index in [9.17, 15) is 0 Å². The van der Waals surface area contributed by atoms with Gasteiger partial charge in [-0.1, -0.05) is 29.8 Å². The largest absolute Gasteiger partial charge is 0.495 e. The van der Waals surface area contributed by atoms with Gasteiger partial charge in [-0.3, -0.25) is 0 Å². The molecule has 0 fully saturated rings. The van der Waals surface area contributed by atoms with Crippen LogP contribution < -0.4 is 20.5 Å². The van der Waals surface area contributed by atoms with Crippen molar-refractivity contribution < 1.29 is 9.47 Å². The molecule has 0 bridgehead atoms. The molecule has 0 aliphatic rings. The third-order valence-corrected chi connectivity index (χ3v) is 3.29. The predicted molar refractivity (Wildman–Crippen MR) is 82.7 cm³/mol. The molecule has 0 unspecified atom stereocenters. The molecule has 0 saturated heterocycles. The molecule has 0 aromatic heterocycles. The summed E-state index contributed by atoms with van der Waals surface area (Å²) in [5.41, 5.74) is 8.47. The molecular formula is C15H17ClN2O2. The minimum absolute atomic E-state index is 0.525. The second-order valence-electron chi connectivity index (χ2n) is 4.24. The summed E-state index contributed by atoms with van der Waals surface area (Å²) in [7, 11) is 3.17. The van der Waals surface area contributed by atoms with Gasteiger partial charge in [0.05, 0.1) is 24.9 Å². The normalized spacial score (nSPS) is 10.2. The fraction of sp³-hybridized carbons (Fsp3) is 0.200. The highest BCUT2D eigenvalue weighted by molar-refractivity contribution is 6.32. The molecular weight excluding hydrogens is 276 g/mol. The zero-order chi connectivity index (χ0) is 14.5. The van der Waals surface area contributed by atoms with Crippen molar-refractivity contribution in [2.75, 3.05) is 25.3 Å². The van der Waals surface area contributed by atoms with Gasteiger partial charge in [-0.25, -0.2) is 0 Å². The Bertz CT molecular complexity index is 602. The standard InChI is InChI=1S/C15H17ClN2O2/c1-19-14-8-15(20-2)13(7-11(14)16)18-9-10-5-3-4-6-12(10)17/h3-8,18H,9,17H2,1-2H3. The topological polar surface area (TPSA) is 56.5 Å². The van der Waals surface area contributed by atoms with Crippen molar-refractivity contribution in [3.8, 4) is 11.5 Å². The minimum Gasteiger partial charge on any atom is -0.495 e. The Hall–Kier alpha value is -2.07. The highest BCUT2D eigenvalue weighted by Gasteiger charge is 2.10. The van der Waals surface area contributed by atoms with Crippen molar-refractivity contribution in [2.24, 2.45) is 0 Å². The Morgan fingerprint density at radius 3 is 2.45 bits per heavy atom. The number of nitrogens with two attached hydrogens (primary N) is 1. The van der Waals surface area contributed by atoms with Gasteiger partial charge < -0.3 is 20.5 Å². The first-order valence-electron chi connectivity index (χ1n) is 6.14. The van der Waals surface area contributed by atoms with Gasteiger partial charge in [0.25, 0.3) is 0 Å². The third kappa shape index (κ3) is 3.08. The van der Waals surface area contributed by atoms with Gasteiger partial charge >= 0.3 is 0 Å². The van der Waals surface area contributed by atoms with Crippen molar-refractivity contribution in [1.29, 1.82) is 0 Å². The quantitative estimate of drug-likeness (QED) is 0.828. The van der Waals surface area contributed by atoms with Gasteiger partial charge in [-0.05, 0) is 17.7 Å². The summed E-state index contributed by atoms with van der Waals surface area (Å²) in [5, 5.41) is 3.79. The van der Waals surface area contributed by atoms with E-state index in [1.807, 2.05) is 24.3 Å². The first-order chi connectivity index (χ1) is 9.65. The second kappa shape index (κ2) is 6.39. The number of ether oxygens (including phenoxy) is 2. The molecule has 4 nitrogen and oxygen atoms in total.